The molecular weight excluding hydrogens is 162 g/mol. The number of rotatable bonds is 0. The Bertz CT molecular complexity index is 296. The largest absolute Gasteiger partial charge is 0.419 e. The lowest BCUT2D eigenvalue weighted by Crippen LogP contribution is -2.07. The summed E-state index contributed by atoms with van der Waals surface area (Å²) in [5.74, 6) is -1.46. The number of hydrogen-bond donors (Lipinski definition) is 0. The molecule has 0 aliphatic heterocycles. The average Bonchev–Trinajstić information content (AvgIpc) is 1.92. The van der Waals surface area contributed by atoms with Gasteiger partial charge in [-0.1, -0.05) is 0 Å². The van der Waals surface area contributed by atoms with E-state index in [2.05, 4.69) is 4.98 Å². The van der Waals surface area contributed by atoms with Crippen LogP contribution in [0.15, 0.2) is 18.4 Å². The second-order valence-corrected chi connectivity index (χ2v) is 1.79. The molecule has 11 heavy (non-hydrogen) atoms. The van der Waals surface area contributed by atoms with Crippen molar-refractivity contribution in [3.8, 4) is 0 Å². The van der Waals surface area contributed by atoms with Gasteiger partial charge in [-0.2, -0.15) is 13.2 Å². The normalized spacial score (nSPS) is 12.9. The van der Waals surface area contributed by atoms with E-state index in [9.17, 15) is 17.6 Å². The third kappa shape index (κ3) is 1.66. The zero-order valence-corrected chi connectivity index (χ0v) is 5.11. The summed E-state index contributed by atoms with van der Waals surface area (Å²) >= 11 is 0. The average molecular weight is 166 g/mol. The first-order valence-electron chi connectivity index (χ1n) is 3.10. The Morgan fingerprint density at radius 3 is 2.55 bits per heavy atom. The molecule has 0 saturated heterocycles. The highest BCUT2D eigenvalue weighted by atomic mass is 19.4. The molecule has 60 valence electrons. The molecular formula is C6H3F4N. The van der Waals surface area contributed by atoms with Gasteiger partial charge in [0.05, 0.1) is 13.1 Å². The SMILES string of the molecule is [2H]c1cc(C(F)(F)F)c(F)cn1. The number of aromatic nitrogens is 1. The van der Waals surface area contributed by atoms with Crippen LogP contribution in [0.4, 0.5) is 17.6 Å². The van der Waals surface area contributed by atoms with E-state index in [1.807, 2.05) is 0 Å². The summed E-state index contributed by atoms with van der Waals surface area (Å²) in [6, 6.07) is 0.343. The topological polar surface area (TPSA) is 12.9 Å². The fourth-order valence-electron chi connectivity index (χ4n) is 0.551. The first-order chi connectivity index (χ1) is 5.41. The maximum atomic E-state index is 12.4. The second kappa shape index (κ2) is 2.48. The lowest BCUT2D eigenvalue weighted by molar-refractivity contribution is -0.140. The summed E-state index contributed by atoms with van der Waals surface area (Å²) in [6.07, 6.45) is -4.99. The second-order valence-electron chi connectivity index (χ2n) is 1.79. The summed E-state index contributed by atoms with van der Waals surface area (Å²) < 4.78 is 54.8. The minimum Gasteiger partial charge on any atom is -0.262 e. The Morgan fingerprint density at radius 1 is 1.45 bits per heavy atom. The number of hydrogen-bond acceptors (Lipinski definition) is 1. The highest BCUT2D eigenvalue weighted by Crippen LogP contribution is 2.30. The van der Waals surface area contributed by atoms with Crippen molar-refractivity contribution in [2.75, 3.05) is 0 Å². The maximum Gasteiger partial charge on any atom is 0.419 e. The van der Waals surface area contributed by atoms with Gasteiger partial charge in [-0.25, -0.2) is 4.39 Å². The predicted molar refractivity (Wildman–Crippen MR) is 29.2 cm³/mol. The summed E-state index contributed by atoms with van der Waals surface area (Å²) in [5.41, 5.74) is -1.46. The van der Waals surface area contributed by atoms with Crippen LogP contribution in [-0.4, -0.2) is 4.98 Å². The Balaban J connectivity index is 3.23. The standard InChI is InChI=1S/C6H3F4N/c7-5-3-11-2-1-4(5)6(8,9)10/h1-3H/i2D. The van der Waals surface area contributed by atoms with Crippen LogP contribution in [0.2, 0.25) is 0 Å². The summed E-state index contributed by atoms with van der Waals surface area (Å²) in [5, 5.41) is 0. The van der Waals surface area contributed by atoms with Gasteiger partial charge in [0, 0.05) is 6.17 Å². The number of nitrogens with zero attached hydrogens (tertiary/aromatic N) is 1. The Hall–Kier alpha value is -1.13. The fraction of sp³-hybridized carbons (Fsp3) is 0.167. The van der Waals surface area contributed by atoms with E-state index >= 15 is 0 Å². The van der Waals surface area contributed by atoms with Crippen molar-refractivity contribution in [3.63, 3.8) is 0 Å². The van der Waals surface area contributed by atoms with Crippen LogP contribution in [0, 0.1) is 5.82 Å². The molecule has 1 aromatic rings. The van der Waals surface area contributed by atoms with Crippen LogP contribution < -0.4 is 0 Å². The molecule has 0 N–H and O–H groups in total. The highest BCUT2D eigenvalue weighted by molar-refractivity contribution is 5.15. The smallest absolute Gasteiger partial charge is 0.262 e. The zero-order chi connectivity index (χ0) is 9.35. The van der Waals surface area contributed by atoms with Crippen molar-refractivity contribution in [1.29, 1.82) is 0 Å². The van der Waals surface area contributed by atoms with Crippen LogP contribution in [-0.2, 0) is 6.18 Å². The zero-order valence-electron chi connectivity index (χ0n) is 6.11. The minimum atomic E-state index is -4.76. The molecule has 1 rings (SSSR count). The molecule has 0 amide bonds. The fourth-order valence-corrected chi connectivity index (χ4v) is 0.551. The Labute approximate surface area is 61.1 Å². The molecule has 0 aliphatic carbocycles. The predicted octanol–water partition coefficient (Wildman–Crippen LogP) is 2.24. The highest BCUT2D eigenvalue weighted by Gasteiger charge is 2.33. The lowest BCUT2D eigenvalue weighted by atomic mass is 10.2. The molecule has 0 aliphatic rings. The molecule has 0 fully saturated rings. The summed E-state index contributed by atoms with van der Waals surface area (Å²) in [6.45, 7) is 0. The van der Waals surface area contributed by atoms with Gasteiger partial charge in [0.2, 0.25) is 0 Å². The van der Waals surface area contributed by atoms with E-state index in [0.29, 0.717) is 12.3 Å². The van der Waals surface area contributed by atoms with Crippen LogP contribution in [0.5, 0.6) is 0 Å². The van der Waals surface area contributed by atoms with E-state index in [1.54, 1.807) is 0 Å². The van der Waals surface area contributed by atoms with E-state index in [-0.39, 0.29) is 0 Å². The van der Waals surface area contributed by atoms with Crippen molar-refractivity contribution in [2.24, 2.45) is 0 Å². The molecule has 0 radical (unpaired) electrons. The molecule has 0 atom stereocenters. The lowest BCUT2D eigenvalue weighted by Gasteiger charge is -2.05. The van der Waals surface area contributed by atoms with Crippen LogP contribution in [0.3, 0.4) is 0 Å². The van der Waals surface area contributed by atoms with Crippen molar-refractivity contribution in [1.82, 2.24) is 4.98 Å². The van der Waals surface area contributed by atoms with E-state index < -0.39 is 23.7 Å². The molecule has 0 unspecified atom stereocenters. The molecule has 5 heteroatoms. The molecule has 1 aromatic heterocycles. The first-order valence-corrected chi connectivity index (χ1v) is 2.60. The molecule has 1 nitrogen and oxygen atoms in total. The van der Waals surface area contributed by atoms with Gasteiger partial charge in [0.1, 0.15) is 0 Å². The van der Waals surface area contributed by atoms with Gasteiger partial charge in [-0.3, -0.25) is 4.98 Å². The van der Waals surface area contributed by atoms with Gasteiger partial charge in [-0.05, 0) is 6.07 Å². The minimum absolute atomic E-state index is 0.343. The van der Waals surface area contributed by atoms with Crippen molar-refractivity contribution < 1.29 is 18.9 Å². The van der Waals surface area contributed by atoms with E-state index in [1.165, 1.54) is 0 Å². The van der Waals surface area contributed by atoms with Gasteiger partial charge >= 0.3 is 6.18 Å². The van der Waals surface area contributed by atoms with Crippen molar-refractivity contribution in [3.05, 3.63) is 29.8 Å². The quantitative estimate of drug-likeness (QED) is 0.538. The molecule has 0 bridgehead atoms. The van der Waals surface area contributed by atoms with Crippen LogP contribution >= 0.6 is 0 Å². The van der Waals surface area contributed by atoms with Gasteiger partial charge in [0.25, 0.3) is 0 Å². The third-order valence-corrected chi connectivity index (χ3v) is 1.02. The molecule has 0 spiro atoms. The van der Waals surface area contributed by atoms with Crippen molar-refractivity contribution >= 4 is 0 Å². The van der Waals surface area contributed by atoms with Crippen molar-refractivity contribution in [2.45, 2.75) is 6.18 Å². The number of halogens is 4. The Kier molecular flexibility index (Phi) is 1.48. The summed E-state index contributed by atoms with van der Waals surface area (Å²) in [4.78, 5) is 3.04. The maximum absolute atomic E-state index is 12.4. The van der Waals surface area contributed by atoms with E-state index in [0.717, 1.165) is 0 Å². The first kappa shape index (κ1) is 6.57. The Morgan fingerprint density at radius 2 is 2.09 bits per heavy atom. The molecule has 1 heterocycles. The van der Waals surface area contributed by atoms with Gasteiger partial charge < -0.3 is 0 Å². The van der Waals surface area contributed by atoms with E-state index in [4.69, 9.17) is 1.37 Å². The van der Waals surface area contributed by atoms with Gasteiger partial charge in [-0.15, -0.1) is 0 Å². The third-order valence-electron chi connectivity index (χ3n) is 1.02. The monoisotopic (exact) mass is 166 g/mol. The van der Waals surface area contributed by atoms with Gasteiger partial charge in [0.15, 0.2) is 5.82 Å². The molecule has 0 aromatic carbocycles. The summed E-state index contributed by atoms with van der Waals surface area (Å²) in [7, 11) is 0. The van der Waals surface area contributed by atoms with Crippen LogP contribution in [0.1, 0.15) is 6.93 Å². The number of alkyl halides is 3. The number of pyridine rings is 1. The van der Waals surface area contributed by atoms with Crippen LogP contribution in [0.25, 0.3) is 0 Å². The molecule has 0 saturated carbocycles.